The van der Waals surface area contributed by atoms with Gasteiger partial charge in [0.2, 0.25) is 0 Å². The number of hydrogen-bond donors (Lipinski definition) is 2. The van der Waals surface area contributed by atoms with Gasteiger partial charge in [0.25, 0.3) is 5.91 Å². The Morgan fingerprint density at radius 2 is 2.40 bits per heavy atom. The van der Waals surface area contributed by atoms with Crippen molar-refractivity contribution in [2.24, 2.45) is 0 Å². The molecule has 1 fully saturated rings. The molecule has 2 N–H and O–H groups in total. The van der Waals surface area contributed by atoms with Crippen LogP contribution in [-0.4, -0.2) is 35.2 Å². The van der Waals surface area contributed by atoms with Gasteiger partial charge in [-0.25, -0.2) is 4.39 Å². The zero-order valence-corrected chi connectivity index (χ0v) is 11.8. The van der Waals surface area contributed by atoms with E-state index in [0.29, 0.717) is 12.0 Å². The fourth-order valence-electron chi connectivity index (χ4n) is 1.89. The SMILES string of the molecule is O=C(NC1CCSC1)c1ccc(C#CCCO)c(F)c1. The molecular formula is C15H16FNO2S. The van der Waals surface area contributed by atoms with Crippen LogP contribution in [0.1, 0.15) is 28.8 Å². The van der Waals surface area contributed by atoms with Crippen molar-refractivity contribution >= 4 is 17.7 Å². The van der Waals surface area contributed by atoms with Gasteiger partial charge in [-0.3, -0.25) is 4.79 Å². The summed E-state index contributed by atoms with van der Waals surface area (Å²) in [5.41, 5.74) is 0.554. The molecule has 3 nitrogen and oxygen atoms in total. The van der Waals surface area contributed by atoms with Gasteiger partial charge in [0.15, 0.2) is 0 Å². The van der Waals surface area contributed by atoms with Crippen molar-refractivity contribution in [3.63, 3.8) is 0 Å². The number of thioether (sulfide) groups is 1. The molecule has 1 heterocycles. The second-order valence-electron chi connectivity index (χ2n) is 4.50. The molecule has 1 saturated heterocycles. The van der Waals surface area contributed by atoms with Crippen LogP contribution in [-0.2, 0) is 0 Å². The number of halogens is 1. The summed E-state index contributed by atoms with van der Waals surface area (Å²) in [7, 11) is 0. The number of nitrogens with one attached hydrogen (secondary N) is 1. The summed E-state index contributed by atoms with van der Waals surface area (Å²) in [4.78, 5) is 12.0. The van der Waals surface area contributed by atoms with Gasteiger partial charge in [-0.15, -0.1) is 0 Å². The lowest BCUT2D eigenvalue weighted by Crippen LogP contribution is -2.34. The lowest BCUT2D eigenvalue weighted by molar-refractivity contribution is 0.0940. The van der Waals surface area contributed by atoms with Crippen molar-refractivity contribution < 1.29 is 14.3 Å². The first-order valence-corrected chi connectivity index (χ1v) is 7.64. The van der Waals surface area contributed by atoms with Crippen LogP contribution in [0.3, 0.4) is 0 Å². The summed E-state index contributed by atoms with van der Waals surface area (Å²) < 4.78 is 13.8. The van der Waals surface area contributed by atoms with Crippen molar-refractivity contribution in [3.05, 3.63) is 35.1 Å². The average Bonchev–Trinajstić information content (AvgIpc) is 2.93. The minimum atomic E-state index is -0.510. The minimum Gasteiger partial charge on any atom is -0.395 e. The smallest absolute Gasteiger partial charge is 0.251 e. The van der Waals surface area contributed by atoms with E-state index in [1.807, 2.05) is 11.8 Å². The van der Waals surface area contributed by atoms with Gasteiger partial charge in [0.1, 0.15) is 5.82 Å². The third-order valence-corrected chi connectivity index (χ3v) is 4.12. The van der Waals surface area contributed by atoms with Crippen LogP contribution in [0.5, 0.6) is 0 Å². The Hall–Kier alpha value is -1.51. The Morgan fingerprint density at radius 1 is 1.55 bits per heavy atom. The fourth-order valence-corrected chi connectivity index (χ4v) is 3.04. The number of rotatable bonds is 3. The Labute approximate surface area is 122 Å². The molecule has 0 spiro atoms. The highest BCUT2D eigenvalue weighted by molar-refractivity contribution is 7.99. The first-order chi connectivity index (χ1) is 9.70. The van der Waals surface area contributed by atoms with E-state index in [0.717, 1.165) is 17.9 Å². The molecule has 1 atom stereocenters. The summed E-state index contributed by atoms with van der Waals surface area (Å²) in [6.07, 6.45) is 1.27. The monoisotopic (exact) mass is 293 g/mol. The maximum atomic E-state index is 13.8. The van der Waals surface area contributed by atoms with E-state index in [4.69, 9.17) is 5.11 Å². The number of benzene rings is 1. The molecular weight excluding hydrogens is 277 g/mol. The Kier molecular flexibility index (Phi) is 5.45. The summed E-state index contributed by atoms with van der Waals surface area (Å²) in [5.74, 6) is 6.50. The second kappa shape index (κ2) is 7.32. The number of aliphatic hydroxyl groups excluding tert-OH is 1. The van der Waals surface area contributed by atoms with Gasteiger partial charge in [0.05, 0.1) is 12.2 Å². The second-order valence-corrected chi connectivity index (χ2v) is 5.65. The molecule has 1 aromatic rings. The molecule has 0 bridgehead atoms. The first-order valence-electron chi connectivity index (χ1n) is 6.48. The van der Waals surface area contributed by atoms with Crippen LogP contribution in [0.25, 0.3) is 0 Å². The molecule has 0 radical (unpaired) electrons. The van der Waals surface area contributed by atoms with Gasteiger partial charge in [-0.2, -0.15) is 11.8 Å². The fraction of sp³-hybridized carbons (Fsp3) is 0.400. The van der Waals surface area contributed by atoms with Crippen molar-refractivity contribution in [1.29, 1.82) is 0 Å². The highest BCUT2D eigenvalue weighted by Gasteiger charge is 2.18. The van der Waals surface area contributed by atoms with E-state index in [1.165, 1.54) is 12.1 Å². The van der Waals surface area contributed by atoms with E-state index in [9.17, 15) is 9.18 Å². The van der Waals surface area contributed by atoms with Gasteiger partial charge >= 0.3 is 0 Å². The number of amides is 1. The molecule has 1 aromatic carbocycles. The van der Waals surface area contributed by atoms with Crippen LogP contribution in [0.4, 0.5) is 4.39 Å². The molecule has 20 heavy (non-hydrogen) atoms. The molecule has 0 aliphatic carbocycles. The zero-order valence-electron chi connectivity index (χ0n) is 11.0. The quantitative estimate of drug-likeness (QED) is 0.836. The number of hydrogen-bond acceptors (Lipinski definition) is 3. The van der Waals surface area contributed by atoms with Crippen LogP contribution >= 0.6 is 11.8 Å². The van der Waals surface area contributed by atoms with E-state index >= 15 is 0 Å². The van der Waals surface area contributed by atoms with Crippen LogP contribution < -0.4 is 5.32 Å². The van der Waals surface area contributed by atoms with Gasteiger partial charge in [-0.1, -0.05) is 11.8 Å². The maximum Gasteiger partial charge on any atom is 0.251 e. The minimum absolute atomic E-state index is 0.0471. The Bertz CT molecular complexity index is 545. The van der Waals surface area contributed by atoms with E-state index in [2.05, 4.69) is 17.2 Å². The first kappa shape index (κ1) is 14.9. The van der Waals surface area contributed by atoms with Crippen LogP contribution in [0, 0.1) is 17.7 Å². The molecule has 5 heteroatoms. The Balaban J connectivity index is 2.04. The average molecular weight is 293 g/mol. The maximum absolute atomic E-state index is 13.8. The number of carbonyl (C=O) groups is 1. The summed E-state index contributed by atoms with van der Waals surface area (Å²) in [6, 6.07) is 4.46. The standard InChI is InChI=1S/C15H16FNO2S/c16-14-9-12(5-4-11(14)3-1-2-7-18)15(19)17-13-6-8-20-10-13/h4-5,9,13,18H,2,6-8,10H2,(H,17,19). The third-order valence-electron chi connectivity index (χ3n) is 2.96. The largest absolute Gasteiger partial charge is 0.395 e. The number of aliphatic hydroxyl groups is 1. The molecule has 0 saturated carbocycles. The van der Waals surface area contributed by atoms with Crippen molar-refractivity contribution in [2.45, 2.75) is 18.9 Å². The zero-order chi connectivity index (χ0) is 14.4. The van der Waals surface area contributed by atoms with Crippen LogP contribution in [0.2, 0.25) is 0 Å². The van der Waals surface area contributed by atoms with E-state index < -0.39 is 5.82 Å². The van der Waals surface area contributed by atoms with Gasteiger partial charge in [0, 0.05) is 23.8 Å². The highest BCUT2D eigenvalue weighted by atomic mass is 32.2. The molecule has 1 aliphatic heterocycles. The highest BCUT2D eigenvalue weighted by Crippen LogP contribution is 2.18. The molecule has 106 valence electrons. The summed E-state index contributed by atoms with van der Waals surface area (Å²) >= 11 is 1.81. The normalized spacial score (nSPS) is 17.4. The van der Waals surface area contributed by atoms with Gasteiger partial charge < -0.3 is 10.4 Å². The summed E-state index contributed by atoms with van der Waals surface area (Å²) in [6.45, 7) is -0.0471. The molecule has 2 rings (SSSR count). The molecule has 1 unspecified atom stereocenters. The van der Waals surface area contributed by atoms with Crippen molar-refractivity contribution in [3.8, 4) is 11.8 Å². The van der Waals surface area contributed by atoms with E-state index in [-0.39, 0.29) is 24.1 Å². The topological polar surface area (TPSA) is 49.3 Å². The lowest BCUT2D eigenvalue weighted by atomic mass is 10.1. The molecule has 1 amide bonds. The molecule has 0 aromatic heterocycles. The number of carbonyl (C=O) groups excluding carboxylic acids is 1. The molecule has 1 aliphatic rings. The Morgan fingerprint density at radius 3 is 3.05 bits per heavy atom. The van der Waals surface area contributed by atoms with E-state index in [1.54, 1.807) is 6.07 Å². The predicted molar refractivity (Wildman–Crippen MR) is 78.2 cm³/mol. The van der Waals surface area contributed by atoms with Crippen molar-refractivity contribution in [2.75, 3.05) is 18.1 Å². The third kappa shape index (κ3) is 3.99. The lowest BCUT2D eigenvalue weighted by Gasteiger charge is -2.11. The summed E-state index contributed by atoms with van der Waals surface area (Å²) in [5, 5.41) is 11.5. The van der Waals surface area contributed by atoms with Crippen molar-refractivity contribution in [1.82, 2.24) is 5.32 Å². The predicted octanol–water partition coefficient (Wildman–Crippen LogP) is 1.79. The van der Waals surface area contributed by atoms with Crippen LogP contribution in [0.15, 0.2) is 18.2 Å². The van der Waals surface area contributed by atoms with Gasteiger partial charge in [-0.05, 0) is 30.4 Å².